The molecule has 1 aromatic carbocycles. The summed E-state index contributed by atoms with van der Waals surface area (Å²) in [6.45, 7) is 5.09. The normalized spacial score (nSPS) is 11.7. The highest BCUT2D eigenvalue weighted by atomic mass is 19.2. The van der Waals surface area contributed by atoms with Crippen molar-refractivity contribution in [2.75, 3.05) is 0 Å². The van der Waals surface area contributed by atoms with Gasteiger partial charge in [-0.1, -0.05) is 20.8 Å². The number of carboxylic acids is 1. The Kier molecular flexibility index (Phi) is 3.52. The van der Waals surface area contributed by atoms with E-state index in [2.05, 4.69) is 4.98 Å². The van der Waals surface area contributed by atoms with Crippen LogP contribution in [0.4, 0.5) is 13.2 Å². The summed E-state index contributed by atoms with van der Waals surface area (Å²) in [4.78, 5) is 15.1. The molecule has 112 valence electrons. The minimum absolute atomic E-state index is 0.0918. The monoisotopic (exact) mass is 299 g/mol. The summed E-state index contributed by atoms with van der Waals surface area (Å²) in [6.07, 6.45) is 0. The molecule has 0 bridgehead atoms. The average Bonchev–Trinajstić information content (AvgIpc) is 2.81. The van der Waals surface area contributed by atoms with E-state index in [0.29, 0.717) is 0 Å². The fourth-order valence-electron chi connectivity index (χ4n) is 1.78. The Morgan fingerprint density at radius 3 is 2.29 bits per heavy atom. The third kappa shape index (κ3) is 2.63. The average molecular weight is 299 g/mol. The number of hydrogen-bond acceptors (Lipinski definition) is 3. The highest BCUT2D eigenvalue weighted by molar-refractivity contribution is 5.86. The first-order valence-electron chi connectivity index (χ1n) is 6.01. The van der Waals surface area contributed by atoms with Crippen molar-refractivity contribution in [3.05, 3.63) is 41.0 Å². The molecular formula is C14H12F3NO3. The van der Waals surface area contributed by atoms with E-state index in [1.807, 2.05) is 0 Å². The molecule has 21 heavy (non-hydrogen) atoms. The van der Waals surface area contributed by atoms with Crippen molar-refractivity contribution < 1.29 is 27.5 Å². The second-order valence-electron chi connectivity index (χ2n) is 5.47. The van der Waals surface area contributed by atoms with Crippen LogP contribution in [0.25, 0.3) is 11.5 Å². The number of carbonyl (C=O) groups is 1. The Morgan fingerprint density at radius 2 is 1.81 bits per heavy atom. The number of carboxylic acid groups (broad SMARTS) is 1. The van der Waals surface area contributed by atoms with Crippen molar-refractivity contribution in [1.82, 2.24) is 4.98 Å². The lowest BCUT2D eigenvalue weighted by Gasteiger charge is -2.14. The maximum absolute atomic E-state index is 13.7. The number of oxazole rings is 1. The zero-order valence-corrected chi connectivity index (χ0v) is 11.5. The minimum atomic E-state index is -1.67. The summed E-state index contributed by atoms with van der Waals surface area (Å²) in [5, 5.41) is 9.10. The van der Waals surface area contributed by atoms with Gasteiger partial charge in [0.25, 0.3) is 0 Å². The largest absolute Gasteiger partial charge is 0.475 e. The molecule has 0 aliphatic carbocycles. The summed E-state index contributed by atoms with van der Waals surface area (Å²) in [5.41, 5.74) is -1.02. The first kappa shape index (κ1) is 15.1. The van der Waals surface area contributed by atoms with Crippen LogP contribution in [-0.4, -0.2) is 16.1 Å². The molecule has 0 fully saturated rings. The summed E-state index contributed by atoms with van der Waals surface area (Å²) >= 11 is 0. The lowest BCUT2D eigenvalue weighted by atomic mass is 9.91. The van der Waals surface area contributed by atoms with Gasteiger partial charge in [0, 0.05) is 5.41 Å². The van der Waals surface area contributed by atoms with E-state index >= 15 is 0 Å². The van der Waals surface area contributed by atoms with Crippen LogP contribution in [0.1, 0.15) is 37.0 Å². The number of hydrogen-bond donors (Lipinski definition) is 1. The van der Waals surface area contributed by atoms with Crippen molar-refractivity contribution >= 4 is 5.97 Å². The number of aromatic nitrogens is 1. The molecule has 7 heteroatoms. The third-order valence-corrected chi connectivity index (χ3v) is 2.80. The highest BCUT2D eigenvalue weighted by Crippen LogP contribution is 2.32. The topological polar surface area (TPSA) is 63.3 Å². The van der Waals surface area contributed by atoms with Crippen LogP contribution < -0.4 is 0 Å². The van der Waals surface area contributed by atoms with E-state index in [9.17, 15) is 18.0 Å². The summed E-state index contributed by atoms with van der Waals surface area (Å²) in [6, 6.07) is 1.66. The zero-order chi connectivity index (χ0) is 15.9. The molecule has 2 aromatic rings. The van der Waals surface area contributed by atoms with Gasteiger partial charge in [-0.3, -0.25) is 0 Å². The molecule has 0 aliphatic heterocycles. The maximum Gasteiger partial charge on any atom is 0.373 e. The molecule has 1 heterocycles. The van der Waals surface area contributed by atoms with Crippen LogP contribution in [0, 0.1) is 17.5 Å². The summed E-state index contributed by atoms with van der Waals surface area (Å²) in [5.74, 6) is -6.73. The minimum Gasteiger partial charge on any atom is -0.475 e. The van der Waals surface area contributed by atoms with Crippen molar-refractivity contribution in [3.8, 4) is 11.5 Å². The van der Waals surface area contributed by atoms with Crippen LogP contribution in [0.5, 0.6) is 0 Å². The molecule has 0 unspecified atom stereocenters. The third-order valence-electron chi connectivity index (χ3n) is 2.80. The number of nitrogens with zero attached hydrogens (tertiary/aromatic N) is 1. The molecule has 0 saturated heterocycles. The van der Waals surface area contributed by atoms with Crippen LogP contribution in [0.3, 0.4) is 0 Å². The van der Waals surface area contributed by atoms with Gasteiger partial charge < -0.3 is 9.52 Å². The molecule has 0 spiro atoms. The van der Waals surface area contributed by atoms with Gasteiger partial charge in [-0.15, -0.1) is 0 Å². The molecule has 1 N–H and O–H groups in total. The van der Waals surface area contributed by atoms with Crippen LogP contribution in [0.2, 0.25) is 0 Å². The lowest BCUT2D eigenvalue weighted by molar-refractivity contribution is 0.0659. The van der Waals surface area contributed by atoms with Gasteiger partial charge in [-0.25, -0.2) is 22.9 Å². The molecule has 0 aliphatic rings. The number of halogens is 3. The van der Waals surface area contributed by atoms with E-state index in [1.165, 1.54) is 0 Å². The molecule has 1 aromatic heterocycles. The first-order valence-corrected chi connectivity index (χ1v) is 6.01. The van der Waals surface area contributed by atoms with E-state index in [-0.39, 0.29) is 5.69 Å². The Hall–Kier alpha value is -2.31. The van der Waals surface area contributed by atoms with Crippen LogP contribution in [0.15, 0.2) is 16.5 Å². The quantitative estimate of drug-likeness (QED) is 0.858. The standard InChI is InChI=1S/C14H12F3NO3/c1-14(2,3)11-10(13(19)20)21-12(18-11)6-4-5-7(15)9(17)8(6)16/h4-5H,1-3H3,(H,19,20). The van der Waals surface area contributed by atoms with Gasteiger partial charge >= 0.3 is 5.97 Å². The molecule has 0 atom stereocenters. The van der Waals surface area contributed by atoms with Crippen molar-refractivity contribution in [2.24, 2.45) is 0 Å². The van der Waals surface area contributed by atoms with E-state index in [1.54, 1.807) is 20.8 Å². The second kappa shape index (κ2) is 4.91. The predicted molar refractivity (Wildman–Crippen MR) is 67.5 cm³/mol. The predicted octanol–water partition coefficient (Wildman–Crippen LogP) is 3.75. The fraction of sp³-hybridized carbons (Fsp3) is 0.286. The SMILES string of the molecule is CC(C)(C)c1nc(-c2ccc(F)c(F)c2F)oc1C(=O)O. The highest BCUT2D eigenvalue weighted by Gasteiger charge is 2.30. The van der Waals surface area contributed by atoms with Crippen LogP contribution >= 0.6 is 0 Å². The van der Waals surface area contributed by atoms with E-state index in [4.69, 9.17) is 9.52 Å². The molecule has 2 rings (SSSR count). The van der Waals surface area contributed by atoms with Gasteiger partial charge in [-0.2, -0.15) is 0 Å². The van der Waals surface area contributed by atoms with Crippen molar-refractivity contribution in [2.45, 2.75) is 26.2 Å². The Labute approximate surface area is 118 Å². The van der Waals surface area contributed by atoms with Crippen molar-refractivity contribution in [3.63, 3.8) is 0 Å². The lowest BCUT2D eigenvalue weighted by Crippen LogP contribution is -2.16. The summed E-state index contributed by atoms with van der Waals surface area (Å²) in [7, 11) is 0. The Bertz CT molecular complexity index is 717. The van der Waals surface area contributed by atoms with Gasteiger partial charge in [0.2, 0.25) is 11.7 Å². The van der Waals surface area contributed by atoms with Gasteiger partial charge in [0.15, 0.2) is 17.5 Å². The summed E-state index contributed by atoms with van der Waals surface area (Å²) < 4.78 is 44.9. The Morgan fingerprint density at radius 1 is 1.19 bits per heavy atom. The van der Waals surface area contributed by atoms with E-state index in [0.717, 1.165) is 12.1 Å². The van der Waals surface area contributed by atoms with Gasteiger partial charge in [0.1, 0.15) is 5.69 Å². The number of benzene rings is 1. The molecule has 0 saturated carbocycles. The van der Waals surface area contributed by atoms with Crippen molar-refractivity contribution in [1.29, 1.82) is 0 Å². The zero-order valence-electron chi connectivity index (χ0n) is 11.5. The van der Waals surface area contributed by atoms with Gasteiger partial charge in [-0.05, 0) is 12.1 Å². The number of aromatic carboxylic acids is 1. The molecule has 0 radical (unpaired) electrons. The van der Waals surface area contributed by atoms with E-state index < -0.39 is 46.1 Å². The number of rotatable bonds is 2. The fourth-order valence-corrected chi connectivity index (χ4v) is 1.78. The molecule has 4 nitrogen and oxygen atoms in total. The van der Waals surface area contributed by atoms with Gasteiger partial charge in [0.05, 0.1) is 5.56 Å². The maximum atomic E-state index is 13.7. The molecule has 0 amide bonds. The Balaban J connectivity index is 2.67. The second-order valence-corrected chi connectivity index (χ2v) is 5.47. The molecular weight excluding hydrogens is 287 g/mol. The first-order chi connectivity index (χ1) is 9.62. The van der Waals surface area contributed by atoms with Crippen LogP contribution in [-0.2, 0) is 5.41 Å². The smallest absolute Gasteiger partial charge is 0.373 e.